The van der Waals surface area contributed by atoms with Crippen molar-refractivity contribution < 1.29 is 19.1 Å². The molecule has 0 aromatic heterocycles. The number of esters is 2. The summed E-state index contributed by atoms with van der Waals surface area (Å²) in [5.74, 6) is 1.40. The second kappa shape index (κ2) is 7.20. The highest BCUT2D eigenvalue weighted by atomic mass is 16.5. The van der Waals surface area contributed by atoms with Crippen LogP contribution in [0.4, 0.5) is 0 Å². The minimum Gasteiger partial charge on any atom is -0.426 e. The van der Waals surface area contributed by atoms with Crippen LogP contribution in [0.3, 0.4) is 0 Å². The topological polar surface area (TPSA) is 52.6 Å². The minimum absolute atomic E-state index is 0.0927. The lowest BCUT2D eigenvalue weighted by Crippen LogP contribution is -2.48. The standard InChI is InChI=1S/C24H34O4/c1-14(2)18-13-19(27-15(3)25)21-17(22(18)28-16(4)26)9-10-20-23(5,6)11-8-12-24(20,21)7/h13-14,20H,8-12H2,1-7H3/t20-,24-/m0/s1. The smallest absolute Gasteiger partial charge is 0.308 e. The second-order valence-corrected chi connectivity index (χ2v) is 9.84. The predicted molar refractivity (Wildman–Crippen MR) is 110 cm³/mol. The zero-order valence-electron chi connectivity index (χ0n) is 18.4. The number of carbonyl (C=O) groups is 2. The van der Waals surface area contributed by atoms with Crippen molar-refractivity contribution in [3.05, 3.63) is 22.8 Å². The Morgan fingerprint density at radius 2 is 1.71 bits per heavy atom. The molecule has 1 aromatic carbocycles. The van der Waals surface area contributed by atoms with Crippen LogP contribution in [-0.2, 0) is 21.4 Å². The van der Waals surface area contributed by atoms with E-state index in [1.807, 2.05) is 6.07 Å². The van der Waals surface area contributed by atoms with Crippen molar-refractivity contribution in [1.82, 2.24) is 0 Å². The monoisotopic (exact) mass is 386 g/mol. The summed E-state index contributed by atoms with van der Waals surface area (Å²) in [5, 5.41) is 0. The van der Waals surface area contributed by atoms with Crippen LogP contribution >= 0.6 is 0 Å². The summed E-state index contributed by atoms with van der Waals surface area (Å²) in [7, 11) is 0. The van der Waals surface area contributed by atoms with Crippen molar-refractivity contribution in [2.75, 3.05) is 0 Å². The van der Waals surface area contributed by atoms with Gasteiger partial charge in [0.25, 0.3) is 0 Å². The van der Waals surface area contributed by atoms with Crippen LogP contribution in [0.15, 0.2) is 6.07 Å². The summed E-state index contributed by atoms with van der Waals surface area (Å²) in [6, 6.07) is 1.94. The van der Waals surface area contributed by atoms with E-state index in [0.29, 0.717) is 17.4 Å². The number of benzene rings is 1. The van der Waals surface area contributed by atoms with E-state index in [9.17, 15) is 9.59 Å². The Kier molecular flexibility index (Phi) is 5.37. The third-order valence-electron chi connectivity index (χ3n) is 6.98. The van der Waals surface area contributed by atoms with Crippen molar-refractivity contribution in [3.8, 4) is 11.5 Å². The molecule has 1 saturated carbocycles. The van der Waals surface area contributed by atoms with Gasteiger partial charge in [-0.3, -0.25) is 9.59 Å². The molecule has 0 N–H and O–H groups in total. The molecule has 2 aliphatic carbocycles. The van der Waals surface area contributed by atoms with E-state index in [1.54, 1.807) is 0 Å². The molecule has 2 atom stereocenters. The van der Waals surface area contributed by atoms with Gasteiger partial charge in [0.1, 0.15) is 11.5 Å². The molecule has 1 fully saturated rings. The Hall–Kier alpha value is -1.84. The predicted octanol–water partition coefficient (Wildman–Crippen LogP) is 5.69. The average Bonchev–Trinajstić information content (AvgIpc) is 2.54. The van der Waals surface area contributed by atoms with E-state index in [2.05, 4.69) is 34.6 Å². The van der Waals surface area contributed by atoms with Crippen LogP contribution < -0.4 is 9.47 Å². The number of fused-ring (bicyclic) bond motifs is 3. The molecule has 0 amide bonds. The van der Waals surface area contributed by atoms with Gasteiger partial charge in [-0.05, 0) is 54.4 Å². The molecule has 4 nitrogen and oxygen atoms in total. The zero-order valence-corrected chi connectivity index (χ0v) is 18.4. The first kappa shape index (κ1) is 20.9. The van der Waals surface area contributed by atoms with Crippen molar-refractivity contribution in [1.29, 1.82) is 0 Å². The molecule has 0 bridgehead atoms. The molecular formula is C24H34O4. The van der Waals surface area contributed by atoms with E-state index < -0.39 is 0 Å². The highest BCUT2D eigenvalue weighted by molar-refractivity contribution is 5.74. The summed E-state index contributed by atoms with van der Waals surface area (Å²) >= 11 is 0. The minimum atomic E-state index is -0.307. The van der Waals surface area contributed by atoms with Gasteiger partial charge >= 0.3 is 11.9 Å². The molecule has 0 spiro atoms. The molecule has 0 unspecified atom stereocenters. The first-order valence-corrected chi connectivity index (χ1v) is 10.5. The molecule has 2 aliphatic rings. The zero-order chi connectivity index (χ0) is 20.9. The highest BCUT2D eigenvalue weighted by Gasteiger charge is 2.52. The van der Waals surface area contributed by atoms with Crippen molar-refractivity contribution in [3.63, 3.8) is 0 Å². The van der Waals surface area contributed by atoms with Crippen LogP contribution in [0.25, 0.3) is 0 Å². The van der Waals surface area contributed by atoms with Gasteiger partial charge < -0.3 is 9.47 Å². The molecule has 4 heteroatoms. The third kappa shape index (κ3) is 3.46. The molecule has 0 radical (unpaired) electrons. The first-order chi connectivity index (χ1) is 13.0. The number of rotatable bonds is 3. The van der Waals surface area contributed by atoms with Crippen molar-refractivity contribution >= 4 is 11.9 Å². The van der Waals surface area contributed by atoms with Crippen LogP contribution in [0, 0.1) is 11.3 Å². The summed E-state index contributed by atoms with van der Waals surface area (Å²) in [6.07, 6.45) is 5.32. The number of hydrogen-bond acceptors (Lipinski definition) is 4. The fourth-order valence-corrected chi connectivity index (χ4v) is 5.93. The fourth-order valence-electron chi connectivity index (χ4n) is 5.93. The van der Waals surface area contributed by atoms with Crippen molar-refractivity contribution in [2.24, 2.45) is 11.3 Å². The SMILES string of the molecule is CC(=O)Oc1cc(C(C)C)c(OC(C)=O)c2c1[C@@]1(C)CCCC(C)(C)[C@@H]1CC2. The van der Waals surface area contributed by atoms with E-state index in [-0.39, 0.29) is 28.7 Å². The maximum absolute atomic E-state index is 11.9. The first-order valence-electron chi connectivity index (χ1n) is 10.5. The molecule has 1 aromatic rings. The molecule has 0 saturated heterocycles. The third-order valence-corrected chi connectivity index (χ3v) is 6.98. The number of hydrogen-bond donors (Lipinski definition) is 0. The van der Waals surface area contributed by atoms with E-state index in [1.165, 1.54) is 20.3 Å². The lowest BCUT2D eigenvalue weighted by atomic mass is 9.50. The Bertz CT molecular complexity index is 805. The molecular weight excluding hydrogens is 352 g/mol. The van der Waals surface area contributed by atoms with Crippen LogP contribution in [0.2, 0.25) is 0 Å². The molecule has 3 rings (SSSR count). The molecule has 154 valence electrons. The van der Waals surface area contributed by atoms with Gasteiger partial charge in [-0.15, -0.1) is 0 Å². The Labute approximate surface area is 169 Å². The Morgan fingerprint density at radius 3 is 2.29 bits per heavy atom. The quantitative estimate of drug-likeness (QED) is 0.494. The number of ether oxygens (including phenoxy) is 2. The van der Waals surface area contributed by atoms with Crippen LogP contribution in [0.1, 0.15) is 96.8 Å². The van der Waals surface area contributed by atoms with Gasteiger partial charge in [0.05, 0.1) is 0 Å². The van der Waals surface area contributed by atoms with Gasteiger partial charge in [-0.1, -0.05) is 41.0 Å². The summed E-state index contributed by atoms with van der Waals surface area (Å²) in [4.78, 5) is 23.8. The molecule has 0 aliphatic heterocycles. The lowest BCUT2D eigenvalue weighted by Gasteiger charge is -2.54. The van der Waals surface area contributed by atoms with Crippen molar-refractivity contribution in [2.45, 2.75) is 91.9 Å². The highest BCUT2D eigenvalue weighted by Crippen LogP contribution is 2.60. The number of carbonyl (C=O) groups excluding carboxylic acids is 2. The lowest BCUT2D eigenvalue weighted by molar-refractivity contribution is -0.133. The van der Waals surface area contributed by atoms with Gasteiger partial charge in [0.2, 0.25) is 0 Å². The summed E-state index contributed by atoms with van der Waals surface area (Å²) in [6.45, 7) is 14.1. The Balaban J connectivity index is 2.31. The maximum Gasteiger partial charge on any atom is 0.308 e. The van der Waals surface area contributed by atoms with E-state index in [0.717, 1.165) is 42.4 Å². The van der Waals surface area contributed by atoms with Crippen LogP contribution in [0.5, 0.6) is 11.5 Å². The summed E-state index contributed by atoms with van der Waals surface area (Å²) < 4.78 is 11.5. The maximum atomic E-state index is 11.9. The second-order valence-electron chi connectivity index (χ2n) is 9.84. The summed E-state index contributed by atoms with van der Waals surface area (Å²) in [5.41, 5.74) is 3.23. The van der Waals surface area contributed by atoms with Gasteiger partial charge in [0.15, 0.2) is 0 Å². The van der Waals surface area contributed by atoms with E-state index >= 15 is 0 Å². The van der Waals surface area contributed by atoms with E-state index in [4.69, 9.17) is 9.47 Å². The van der Waals surface area contributed by atoms with Gasteiger partial charge in [-0.2, -0.15) is 0 Å². The fraction of sp³-hybridized carbons (Fsp3) is 0.667. The van der Waals surface area contributed by atoms with Gasteiger partial charge in [-0.25, -0.2) is 0 Å². The van der Waals surface area contributed by atoms with Gasteiger partial charge in [0, 0.05) is 30.5 Å². The average molecular weight is 387 g/mol. The molecule has 28 heavy (non-hydrogen) atoms. The van der Waals surface area contributed by atoms with Crippen LogP contribution in [-0.4, -0.2) is 11.9 Å². The normalized spacial score (nSPS) is 25.6. The largest absolute Gasteiger partial charge is 0.426 e. The Morgan fingerprint density at radius 1 is 1.07 bits per heavy atom. The molecule has 0 heterocycles.